The Balaban J connectivity index is 2.82. The normalized spacial score (nSPS) is 12.5. The van der Waals surface area contributed by atoms with Crippen molar-refractivity contribution >= 4 is 15.9 Å². The van der Waals surface area contributed by atoms with Crippen LogP contribution in [0.25, 0.3) is 0 Å². The lowest BCUT2D eigenvalue weighted by Crippen LogP contribution is -2.01. The van der Waals surface area contributed by atoms with Crippen molar-refractivity contribution < 1.29 is 9.50 Å². The summed E-state index contributed by atoms with van der Waals surface area (Å²) in [6, 6.07) is 4.66. The van der Waals surface area contributed by atoms with Gasteiger partial charge >= 0.3 is 0 Å². The van der Waals surface area contributed by atoms with Gasteiger partial charge in [0.15, 0.2) is 0 Å². The lowest BCUT2D eigenvalue weighted by atomic mass is 10.0. The number of aliphatic hydroxyl groups excluding tert-OH is 1. The fraction of sp³-hybridized carbons (Fsp3) is 0.333. The first-order valence-corrected chi connectivity index (χ1v) is 5.63. The van der Waals surface area contributed by atoms with Crippen LogP contribution in [0.2, 0.25) is 0 Å². The maximum atomic E-state index is 13.4. The quantitative estimate of drug-likeness (QED) is 0.823. The van der Waals surface area contributed by atoms with Crippen LogP contribution in [-0.4, -0.2) is 5.11 Å². The summed E-state index contributed by atoms with van der Waals surface area (Å²) in [7, 11) is 0. The van der Waals surface area contributed by atoms with Crippen LogP contribution in [-0.2, 0) is 0 Å². The third-order valence-electron chi connectivity index (χ3n) is 2.30. The molecule has 82 valence electrons. The SMILES string of the molecule is C=C(CC)CC(O)c1ccc(Br)cc1F. The Hall–Kier alpha value is -0.670. The van der Waals surface area contributed by atoms with Gasteiger partial charge in [0.05, 0.1) is 6.10 Å². The van der Waals surface area contributed by atoms with E-state index in [4.69, 9.17) is 0 Å². The predicted molar refractivity (Wildman–Crippen MR) is 63.1 cm³/mol. The standard InChI is InChI=1S/C12H14BrFO/c1-3-8(2)6-12(15)10-5-4-9(13)7-11(10)14/h4-5,7,12,15H,2-3,6H2,1H3. The summed E-state index contributed by atoms with van der Waals surface area (Å²) in [5.74, 6) is -0.388. The van der Waals surface area contributed by atoms with Gasteiger partial charge < -0.3 is 5.11 Å². The Labute approximate surface area is 97.8 Å². The highest BCUT2D eigenvalue weighted by atomic mass is 79.9. The largest absolute Gasteiger partial charge is 0.388 e. The van der Waals surface area contributed by atoms with E-state index in [0.29, 0.717) is 16.5 Å². The lowest BCUT2D eigenvalue weighted by molar-refractivity contribution is 0.172. The molecular formula is C12H14BrFO. The van der Waals surface area contributed by atoms with Gasteiger partial charge in [-0.1, -0.05) is 41.1 Å². The first kappa shape index (κ1) is 12.4. The van der Waals surface area contributed by atoms with Gasteiger partial charge in [-0.25, -0.2) is 4.39 Å². The Bertz CT molecular complexity index is 363. The summed E-state index contributed by atoms with van der Waals surface area (Å²) in [6.07, 6.45) is 0.412. The van der Waals surface area contributed by atoms with Gasteiger partial charge in [0, 0.05) is 10.0 Å². The van der Waals surface area contributed by atoms with Crippen LogP contribution in [0, 0.1) is 5.82 Å². The minimum atomic E-state index is -0.800. The molecule has 1 N–H and O–H groups in total. The molecule has 0 saturated heterocycles. The van der Waals surface area contributed by atoms with Crippen molar-refractivity contribution in [3.8, 4) is 0 Å². The van der Waals surface area contributed by atoms with Crippen molar-refractivity contribution in [1.82, 2.24) is 0 Å². The summed E-state index contributed by atoms with van der Waals surface area (Å²) in [6.45, 7) is 5.76. The molecule has 0 saturated carbocycles. The number of halogens is 2. The molecule has 1 atom stereocenters. The van der Waals surface area contributed by atoms with Crippen LogP contribution in [0.4, 0.5) is 4.39 Å². The number of benzene rings is 1. The van der Waals surface area contributed by atoms with Gasteiger partial charge in [-0.2, -0.15) is 0 Å². The second kappa shape index (κ2) is 5.42. The average molecular weight is 273 g/mol. The van der Waals surface area contributed by atoms with Gasteiger partial charge in [-0.05, 0) is 25.0 Å². The summed E-state index contributed by atoms with van der Waals surface area (Å²) < 4.78 is 14.1. The minimum Gasteiger partial charge on any atom is -0.388 e. The number of hydrogen-bond donors (Lipinski definition) is 1. The zero-order valence-electron chi connectivity index (χ0n) is 8.63. The van der Waals surface area contributed by atoms with Crippen molar-refractivity contribution in [3.63, 3.8) is 0 Å². The van der Waals surface area contributed by atoms with E-state index in [1.54, 1.807) is 12.1 Å². The molecule has 0 aliphatic heterocycles. The van der Waals surface area contributed by atoms with Crippen LogP contribution in [0.15, 0.2) is 34.8 Å². The number of rotatable bonds is 4. The first-order chi connectivity index (χ1) is 7.04. The van der Waals surface area contributed by atoms with E-state index in [1.165, 1.54) is 6.07 Å². The maximum Gasteiger partial charge on any atom is 0.130 e. The Kier molecular flexibility index (Phi) is 4.48. The van der Waals surface area contributed by atoms with Crippen LogP contribution in [0.3, 0.4) is 0 Å². The molecule has 15 heavy (non-hydrogen) atoms. The summed E-state index contributed by atoms with van der Waals surface area (Å²) in [4.78, 5) is 0. The maximum absolute atomic E-state index is 13.4. The second-order valence-corrected chi connectivity index (χ2v) is 4.40. The topological polar surface area (TPSA) is 20.2 Å². The molecule has 1 rings (SSSR count). The molecule has 0 aromatic heterocycles. The van der Waals surface area contributed by atoms with Crippen molar-refractivity contribution in [2.24, 2.45) is 0 Å². The molecule has 0 radical (unpaired) electrons. The third kappa shape index (κ3) is 3.43. The fourth-order valence-electron chi connectivity index (χ4n) is 1.30. The van der Waals surface area contributed by atoms with Crippen molar-refractivity contribution in [2.75, 3.05) is 0 Å². The molecule has 0 amide bonds. The molecule has 0 bridgehead atoms. The van der Waals surface area contributed by atoms with E-state index in [1.807, 2.05) is 6.92 Å². The summed E-state index contributed by atoms with van der Waals surface area (Å²) in [5, 5.41) is 9.78. The first-order valence-electron chi connectivity index (χ1n) is 4.84. The van der Waals surface area contributed by atoms with Crippen molar-refractivity contribution in [3.05, 3.63) is 46.2 Å². The zero-order valence-corrected chi connectivity index (χ0v) is 10.2. The highest BCUT2D eigenvalue weighted by Crippen LogP contribution is 2.25. The number of aliphatic hydroxyl groups is 1. The molecule has 0 spiro atoms. The molecule has 0 aliphatic rings. The van der Waals surface area contributed by atoms with E-state index >= 15 is 0 Å². The van der Waals surface area contributed by atoms with Gasteiger partial charge in [0.25, 0.3) is 0 Å². The van der Waals surface area contributed by atoms with E-state index < -0.39 is 6.10 Å². The minimum absolute atomic E-state index is 0.327. The van der Waals surface area contributed by atoms with Crippen LogP contribution >= 0.6 is 15.9 Å². The number of hydrogen-bond acceptors (Lipinski definition) is 1. The second-order valence-electron chi connectivity index (χ2n) is 3.49. The molecule has 0 fully saturated rings. The predicted octanol–water partition coefficient (Wildman–Crippen LogP) is 3.98. The Morgan fingerprint density at radius 2 is 2.27 bits per heavy atom. The molecule has 1 nitrogen and oxygen atoms in total. The van der Waals surface area contributed by atoms with Crippen molar-refractivity contribution in [1.29, 1.82) is 0 Å². The Morgan fingerprint density at radius 1 is 1.60 bits per heavy atom. The van der Waals surface area contributed by atoms with E-state index in [0.717, 1.165) is 12.0 Å². The van der Waals surface area contributed by atoms with E-state index in [2.05, 4.69) is 22.5 Å². The molecule has 3 heteroatoms. The molecule has 1 aromatic carbocycles. The highest BCUT2D eigenvalue weighted by molar-refractivity contribution is 9.10. The molecule has 1 aromatic rings. The molecule has 0 heterocycles. The van der Waals surface area contributed by atoms with Crippen LogP contribution in [0.1, 0.15) is 31.4 Å². The third-order valence-corrected chi connectivity index (χ3v) is 2.80. The van der Waals surface area contributed by atoms with Gasteiger partial charge in [0.2, 0.25) is 0 Å². The summed E-state index contributed by atoms with van der Waals surface area (Å²) in [5.41, 5.74) is 1.25. The molecule has 0 aliphatic carbocycles. The van der Waals surface area contributed by atoms with E-state index in [-0.39, 0.29) is 5.82 Å². The Morgan fingerprint density at radius 3 is 2.80 bits per heavy atom. The lowest BCUT2D eigenvalue weighted by Gasteiger charge is -2.12. The van der Waals surface area contributed by atoms with E-state index in [9.17, 15) is 9.50 Å². The van der Waals surface area contributed by atoms with Gasteiger partial charge in [0.1, 0.15) is 5.82 Å². The summed E-state index contributed by atoms with van der Waals surface area (Å²) >= 11 is 3.17. The van der Waals surface area contributed by atoms with Crippen molar-refractivity contribution in [2.45, 2.75) is 25.9 Å². The smallest absolute Gasteiger partial charge is 0.130 e. The van der Waals surface area contributed by atoms with Crippen LogP contribution in [0.5, 0.6) is 0 Å². The molecule has 1 unspecified atom stereocenters. The fourth-order valence-corrected chi connectivity index (χ4v) is 1.63. The van der Waals surface area contributed by atoms with Gasteiger partial charge in [-0.15, -0.1) is 0 Å². The van der Waals surface area contributed by atoms with Crippen LogP contribution < -0.4 is 0 Å². The monoisotopic (exact) mass is 272 g/mol. The zero-order chi connectivity index (χ0) is 11.4. The molecular weight excluding hydrogens is 259 g/mol. The average Bonchev–Trinajstić information content (AvgIpc) is 2.17. The van der Waals surface area contributed by atoms with Gasteiger partial charge in [-0.3, -0.25) is 0 Å². The highest BCUT2D eigenvalue weighted by Gasteiger charge is 2.13.